The van der Waals surface area contributed by atoms with Crippen LogP contribution in [0.2, 0.25) is 0 Å². The SMILES string of the molecule is O=C(Nc1ccsc1C(=O)O)c1ccc(F)c([N+](=O)[O-])c1. The molecule has 0 unspecified atom stereocenters. The number of hydrogen-bond donors (Lipinski definition) is 2. The molecule has 1 amide bonds. The lowest BCUT2D eigenvalue weighted by Crippen LogP contribution is -2.14. The van der Waals surface area contributed by atoms with Gasteiger partial charge in [0.15, 0.2) is 0 Å². The van der Waals surface area contributed by atoms with Crippen LogP contribution in [-0.4, -0.2) is 21.9 Å². The smallest absolute Gasteiger partial charge is 0.348 e. The number of carboxylic acids is 1. The molecule has 0 radical (unpaired) electrons. The number of aromatic carboxylic acids is 1. The summed E-state index contributed by atoms with van der Waals surface area (Å²) in [6, 6.07) is 4.06. The van der Waals surface area contributed by atoms with Gasteiger partial charge in [0.2, 0.25) is 5.82 Å². The van der Waals surface area contributed by atoms with Gasteiger partial charge in [-0.2, -0.15) is 4.39 Å². The Labute approximate surface area is 120 Å². The number of hydrogen-bond acceptors (Lipinski definition) is 5. The number of halogens is 1. The largest absolute Gasteiger partial charge is 0.477 e. The molecule has 0 aliphatic carbocycles. The molecule has 0 spiro atoms. The average Bonchev–Trinajstić information content (AvgIpc) is 2.87. The van der Waals surface area contributed by atoms with Crippen LogP contribution < -0.4 is 5.32 Å². The maximum Gasteiger partial charge on any atom is 0.348 e. The van der Waals surface area contributed by atoms with Gasteiger partial charge in [0, 0.05) is 11.6 Å². The topological polar surface area (TPSA) is 110 Å². The molecule has 9 heteroatoms. The molecule has 0 aliphatic rings. The summed E-state index contributed by atoms with van der Waals surface area (Å²) < 4.78 is 13.2. The molecule has 2 N–H and O–H groups in total. The molecule has 0 bridgehead atoms. The minimum Gasteiger partial charge on any atom is -0.477 e. The Hall–Kier alpha value is -2.81. The molecule has 7 nitrogen and oxygen atoms in total. The number of nitro benzene ring substituents is 1. The number of benzene rings is 1. The van der Waals surface area contributed by atoms with Crippen molar-refractivity contribution in [2.75, 3.05) is 5.32 Å². The van der Waals surface area contributed by atoms with E-state index in [1.165, 1.54) is 11.4 Å². The summed E-state index contributed by atoms with van der Waals surface area (Å²) in [5, 5.41) is 23.3. The number of anilines is 1. The fourth-order valence-electron chi connectivity index (χ4n) is 1.56. The summed E-state index contributed by atoms with van der Waals surface area (Å²) in [5.41, 5.74) is -0.901. The summed E-state index contributed by atoms with van der Waals surface area (Å²) in [6.45, 7) is 0. The first kappa shape index (κ1) is 14.6. The molecule has 1 aromatic heterocycles. The Bertz CT molecular complexity index is 743. The second-order valence-corrected chi connectivity index (χ2v) is 4.76. The molecular weight excluding hydrogens is 303 g/mol. The number of amides is 1. The number of carbonyl (C=O) groups is 2. The maximum atomic E-state index is 13.2. The number of carboxylic acid groups (broad SMARTS) is 1. The fourth-order valence-corrected chi connectivity index (χ4v) is 2.25. The Morgan fingerprint density at radius 3 is 2.67 bits per heavy atom. The standard InChI is InChI=1S/C12H7FN2O5S/c13-7-2-1-6(5-9(7)15(19)20)11(16)14-8-3-4-21-10(8)12(17)18/h1-5H,(H,14,16)(H,17,18). The van der Waals surface area contributed by atoms with Crippen LogP contribution in [0.5, 0.6) is 0 Å². The predicted molar refractivity (Wildman–Crippen MR) is 72.3 cm³/mol. The molecule has 0 aliphatic heterocycles. The molecule has 0 atom stereocenters. The highest BCUT2D eigenvalue weighted by Gasteiger charge is 2.19. The van der Waals surface area contributed by atoms with E-state index in [4.69, 9.17) is 5.11 Å². The zero-order valence-corrected chi connectivity index (χ0v) is 11.0. The normalized spacial score (nSPS) is 10.1. The quantitative estimate of drug-likeness (QED) is 0.666. The molecule has 0 fully saturated rings. The minimum absolute atomic E-state index is 0.0695. The van der Waals surface area contributed by atoms with Crippen LogP contribution in [-0.2, 0) is 0 Å². The zero-order valence-electron chi connectivity index (χ0n) is 10.2. The van der Waals surface area contributed by atoms with Crippen LogP contribution in [0, 0.1) is 15.9 Å². The van der Waals surface area contributed by atoms with Crippen molar-refractivity contribution < 1.29 is 24.0 Å². The summed E-state index contributed by atoms with van der Waals surface area (Å²) >= 11 is 0.923. The summed E-state index contributed by atoms with van der Waals surface area (Å²) in [7, 11) is 0. The van der Waals surface area contributed by atoms with E-state index in [0.717, 1.165) is 29.5 Å². The Balaban J connectivity index is 2.29. The van der Waals surface area contributed by atoms with Crippen molar-refractivity contribution in [3.05, 3.63) is 56.0 Å². The van der Waals surface area contributed by atoms with Gasteiger partial charge in [0.25, 0.3) is 5.91 Å². The van der Waals surface area contributed by atoms with E-state index in [2.05, 4.69) is 5.32 Å². The highest BCUT2D eigenvalue weighted by atomic mass is 32.1. The predicted octanol–water partition coefficient (Wildman–Crippen LogP) is 2.75. The van der Waals surface area contributed by atoms with Crippen molar-refractivity contribution in [1.29, 1.82) is 0 Å². The molecule has 1 heterocycles. The van der Waals surface area contributed by atoms with E-state index >= 15 is 0 Å². The highest BCUT2D eigenvalue weighted by Crippen LogP contribution is 2.24. The van der Waals surface area contributed by atoms with Gasteiger partial charge in [-0.3, -0.25) is 14.9 Å². The zero-order chi connectivity index (χ0) is 15.6. The van der Waals surface area contributed by atoms with Crippen molar-refractivity contribution in [1.82, 2.24) is 0 Å². The third kappa shape index (κ3) is 3.03. The number of thiophene rings is 1. The molecule has 108 valence electrons. The van der Waals surface area contributed by atoms with E-state index in [1.54, 1.807) is 0 Å². The van der Waals surface area contributed by atoms with Crippen LogP contribution in [0.3, 0.4) is 0 Å². The summed E-state index contributed by atoms with van der Waals surface area (Å²) in [4.78, 5) is 32.4. The van der Waals surface area contributed by atoms with E-state index in [-0.39, 0.29) is 16.1 Å². The minimum atomic E-state index is -1.20. The Morgan fingerprint density at radius 2 is 2.05 bits per heavy atom. The number of nitro groups is 1. The van der Waals surface area contributed by atoms with Gasteiger partial charge in [-0.25, -0.2) is 4.79 Å². The lowest BCUT2D eigenvalue weighted by molar-refractivity contribution is -0.387. The number of nitrogens with one attached hydrogen (secondary N) is 1. The first-order valence-corrected chi connectivity index (χ1v) is 6.34. The van der Waals surface area contributed by atoms with Crippen molar-refractivity contribution >= 4 is 34.6 Å². The van der Waals surface area contributed by atoms with Gasteiger partial charge in [0.05, 0.1) is 10.6 Å². The van der Waals surface area contributed by atoms with Crippen LogP contribution in [0.4, 0.5) is 15.8 Å². The van der Waals surface area contributed by atoms with Gasteiger partial charge in [-0.15, -0.1) is 11.3 Å². The maximum absolute atomic E-state index is 13.2. The number of carbonyl (C=O) groups excluding carboxylic acids is 1. The van der Waals surface area contributed by atoms with Crippen LogP contribution in [0.15, 0.2) is 29.6 Å². The molecule has 0 saturated heterocycles. The third-order valence-corrected chi connectivity index (χ3v) is 3.42. The monoisotopic (exact) mass is 310 g/mol. The highest BCUT2D eigenvalue weighted by molar-refractivity contribution is 7.12. The van der Waals surface area contributed by atoms with Gasteiger partial charge < -0.3 is 10.4 Å². The Morgan fingerprint density at radius 1 is 1.33 bits per heavy atom. The van der Waals surface area contributed by atoms with Crippen LogP contribution >= 0.6 is 11.3 Å². The lowest BCUT2D eigenvalue weighted by atomic mass is 10.2. The van der Waals surface area contributed by atoms with Crippen molar-refractivity contribution in [2.24, 2.45) is 0 Å². The molecule has 1 aromatic carbocycles. The van der Waals surface area contributed by atoms with E-state index in [9.17, 15) is 24.1 Å². The molecule has 2 aromatic rings. The molecular formula is C12H7FN2O5S. The van der Waals surface area contributed by atoms with Gasteiger partial charge in [-0.05, 0) is 23.6 Å². The van der Waals surface area contributed by atoms with Crippen molar-refractivity contribution in [3.63, 3.8) is 0 Å². The number of nitrogens with zero attached hydrogens (tertiary/aromatic N) is 1. The lowest BCUT2D eigenvalue weighted by Gasteiger charge is -2.04. The van der Waals surface area contributed by atoms with Crippen LogP contribution in [0.1, 0.15) is 20.0 Å². The van der Waals surface area contributed by atoms with Gasteiger partial charge >= 0.3 is 11.7 Å². The van der Waals surface area contributed by atoms with E-state index < -0.39 is 28.3 Å². The van der Waals surface area contributed by atoms with E-state index in [0.29, 0.717) is 0 Å². The van der Waals surface area contributed by atoms with Crippen molar-refractivity contribution in [2.45, 2.75) is 0 Å². The average molecular weight is 310 g/mol. The first-order valence-electron chi connectivity index (χ1n) is 5.46. The second kappa shape index (κ2) is 5.67. The van der Waals surface area contributed by atoms with Gasteiger partial charge in [-0.1, -0.05) is 0 Å². The van der Waals surface area contributed by atoms with Gasteiger partial charge in [0.1, 0.15) is 4.88 Å². The van der Waals surface area contributed by atoms with Crippen molar-refractivity contribution in [3.8, 4) is 0 Å². The van der Waals surface area contributed by atoms with Crippen LogP contribution in [0.25, 0.3) is 0 Å². The second-order valence-electron chi connectivity index (χ2n) is 3.85. The molecule has 21 heavy (non-hydrogen) atoms. The third-order valence-electron chi connectivity index (χ3n) is 2.51. The molecule has 0 saturated carbocycles. The first-order chi connectivity index (χ1) is 9.90. The van der Waals surface area contributed by atoms with E-state index in [1.807, 2.05) is 0 Å². The molecule has 2 rings (SSSR count). The summed E-state index contributed by atoms with van der Waals surface area (Å²) in [6.07, 6.45) is 0. The number of rotatable bonds is 4. The fraction of sp³-hybridized carbons (Fsp3) is 0. The Kier molecular flexibility index (Phi) is 3.94. The summed E-state index contributed by atoms with van der Waals surface area (Å²) in [5.74, 6) is -3.03.